The molecular formula is C21H16FN3S. The summed E-state index contributed by atoms with van der Waals surface area (Å²) in [6, 6.07) is 17.2. The van der Waals surface area contributed by atoms with Gasteiger partial charge in [0, 0.05) is 22.5 Å². The van der Waals surface area contributed by atoms with Gasteiger partial charge in [0.05, 0.1) is 5.52 Å². The summed E-state index contributed by atoms with van der Waals surface area (Å²) < 4.78 is 13.6. The van der Waals surface area contributed by atoms with Gasteiger partial charge in [0.2, 0.25) is 0 Å². The summed E-state index contributed by atoms with van der Waals surface area (Å²) in [4.78, 5) is 8.64. The van der Waals surface area contributed by atoms with Crippen molar-refractivity contribution in [2.75, 3.05) is 5.32 Å². The van der Waals surface area contributed by atoms with Gasteiger partial charge in [-0.25, -0.2) is 14.4 Å². The van der Waals surface area contributed by atoms with E-state index in [4.69, 9.17) is 0 Å². The number of benzene rings is 3. The number of hydrogen-bond donors (Lipinski definition) is 2. The fourth-order valence-electron chi connectivity index (χ4n) is 3.50. The van der Waals surface area contributed by atoms with Crippen molar-refractivity contribution in [3.63, 3.8) is 0 Å². The van der Waals surface area contributed by atoms with Crippen LogP contribution in [0.4, 0.5) is 15.9 Å². The van der Waals surface area contributed by atoms with Gasteiger partial charge in [-0.3, -0.25) is 0 Å². The van der Waals surface area contributed by atoms with Crippen LogP contribution < -0.4 is 5.32 Å². The summed E-state index contributed by atoms with van der Waals surface area (Å²) in [5.41, 5.74) is 2.92. The maximum Gasteiger partial charge on any atom is 0.186 e. The summed E-state index contributed by atoms with van der Waals surface area (Å²) in [6.45, 7) is 0. The topological polar surface area (TPSA) is 37.8 Å². The molecule has 4 aromatic rings. The van der Waals surface area contributed by atoms with Crippen LogP contribution in [0.1, 0.15) is 24.3 Å². The van der Waals surface area contributed by atoms with Crippen LogP contribution in [0.3, 0.4) is 0 Å². The molecule has 0 unspecified atom stereocenters. The Hall–Kier alpha value is -2.66. The first-order valence-electron chi connectivity index (χ1n) is 8.64. The molecule has 3 aromatic carbocycles. The monoisotopic (exact) mass is 361 g/mol. The summed E-state index contributed by atoms with van der Waals surface area (Å²) in [5.74, 6) is 0.985. The van der Waals surface area contributed by atoms with Crippen molar-refractivity contribution < 1.29 is 4.39 Å². The highest BCUT2D eigenvalue weighted by molar-refractivity contribution is 7.80. The van der Waals surface area contributed by atoms with Gasteiger partial charge in [-0.2, -0.15) is 0 Å². The highest BCUT2D eigenvalue weighted by Gasteiger charge is 2.25. The van der Waals surface area contributed by atoms with Crippen LogP contribution in [0, 0.1) is 5.82 Å². The van der Waals surface area contributed by atoms with Crippen molar-refractivity contribution in [2.24, 2.45) is 0 Å². The van der Waals surface area contributed by atoms with Gasteiger partial charge in [-0.15, -0.1) is 12.6 Å². The molecule has 0 spiro atoms. The molecule has 1 N–H and O–H groups in total. The molecule has 5 heteroatoms. The van der Waals surface area contributed by atoms with Gasteiger partial charge in [-0.05, 0) is 47.9 Å². The first kappa shape index (κ1) is 15.6. The smallest absolute Gasteiger partial charge is 0.186 e. The zero-order chi connectivity index (χ0) is 17.7. The molecule has 128 valence electrons. The predicted octanol–water partition coefficient (Wildman–Crippen LogP) is 5.83. The van der Waals surface area contributed by atoms with Crippen LogP contribution in [0.25, 0.3) is 21.7 Å². The Bertz CT molecular complexity index is 1150. The Balaban J connectivity index is 1.66. The van der Waals surface area contributed by atoms with E-state index in [1.807, 2.05) is 6.07 Å². The maximum absolute atomic E-state index is 13.6. The fourth-order valence-corrected chi connectivity index (χ4v) is 3.70. The maximum atomic E-state index is 13.6. The number of nitrogens with zero attached hydrogens (tertiary/aromatic N) is 2. The SMILES string of the molecule is Fc1ccc2c(Nc3ccc(C4CC4)c4ccccc34)nc(S)nc2c1. The van der Waals surface area contributed by atoms with E-state index >= 15 is 0 Å². The Morgan fingerprint density at radius 3 is 2.54 bits per heavy atom. The summed E-state index contributed by atoms with van der Waals surface area (Å²) in [7, 11) is 0. The fraction of sp³-hybridized carbons (Fsp3) is 0.143. The predicted molar refractivity (Wildman–Crippen MR) is 106 cm³/mol. The molecule has 1 aliphatic rings. The second-order valence-corrected chi connectivity index (χ2v) is 7.08. The van der Waals surface area contributed by atoms with Crippen LogP contribution in [0.2, 0.25) is 0 Å². The molecule has 0 atom stereocenters. The second-order valence-electron chi connectivity index (χ2n) is 6.68. The number of hydrogen-bond acceptors (Lipinski definition) is 4. The lowest BCUT2D eigenvalue weighted by molar-refractivity contribution is 0.629. The minimum atomic E-state index is -0.325. The third kappa shape index (κ3) is 2.69. The van der Waals surface area contributed by atoms with Gasteiger partial charge < -0.3 is 5.32 Å². The van der Waals surface area contributed by atoms with E-state index in [-0.39, 0.29) is 5.82 Å². The number of fused-ring (bicyclic) bond motifs is 2. The summed E-state index contributed by atoms with van der Waals surface area (Å²) in [6.07, 6.45) is 2.53. The van der Waals surface area contributed by atoms with Crippen molar-refractivity contribution in [3.8, 4) is 0 Å². The van der Waals surface area contributed by atoms with E-state index in [9.17, 15) is 4.39 Å². The molecule has 0 bridgehead atoms. The quantitative estimate of drug-likeness (QED) is 0.356. The molecule has 3 nitrogen and oxygen atoms in total. The van der Waals surface area contributed by atoms with Crippen LogP contribution >= 0.6 is 12.6 Å². The number of aromatic nitrogens is 2. The third-order valence-corrected chi connectivity index (χ3v) is 5.08. The molecule has 0 saturated heterocycles. The third-order valence-electron chi connectivity index (χ3n) is 4.88. The zero-order valence-electron chi connectivity index (χ0n) is 13.9. The van der Waals surface area contributed by atoms with E-state index in [2.05, 4.69) is 58.2 Å². The molecular weight excluding hydrogens is 345 g/mol. The standard InChI is InChI=1S/C21H16FN3S/c22-13-7-8-17-19(11-13)24-21(26)25-20(17)23-18-10-9-14(12-5-6-12)15-3-1-2-4-16(15)18/h1-4,7-12H,5-6H2,(H2,23,24,25,26). The highest BCUT2D eigenvalue weighted by Crippen LogP contribution is 2.44. The van der Waals surface area contributed by atoms with Gasteiger partial charge >= 0.3 is 0 Å². The van der Waals surface area contributed by atoms with E-state index < -0.39 is 0 Å². The molecule has 1 aromatic heterocycles. The van der Waals surface area contributed by atoms with Crippen LogP contribution in [0.5, 0.6) is 0 Å². The first-order chi connectivity index (χ1) is 12.7. The molecule has 26 heavy (non-hydrogen) atoms. The van der Waals surface area contributed by atoms with E-state index in [0.717, 1.165) is 16.5 Å². The highest BCUT2D eigenvalue weighted by atomic mass is 32.1. The molecule has 0 radical (unpaired) electrons. The van der Waals surface area contributed by atoms with Crippen molar-refractivity contribution in [1.29, 1.82) is 0 Å². The van der Waals surface area contributed by atoms with E-state index in [1.54, 1.807) is 6.07 Å². The molecule has 1 heterocycles. The van der Waals surface area contributed by atoms with Crippen molar-refractivity contribution in [1.82, 2.24) is 9.97 Å². The van der Waals surface area contributed by atoms with Crippen molar-refractivity contribution >= 4 is 45.8 Å². The second kappa shape index (κ2) is 5.95. The van der Waals surface area contributed by atoms with Crippen LogP contribution in [-0.4, -0.2) is 9.97 Å². The minimum absolute atomic E-state index is 0.310. The average molecular weight is 361 g/mol. The number of nitrogens with one attached hydrogen (secondary N) is 1. The van der Waals surface area contributed by atoms with Crippen molar-refractivity contribution in [3.05, 3.63) is 66.0 Å². The Kier molecular flexibility index (Phi) is 3.57. The molecule has 1 fully saturated rings. The van der Waals surface area contributed by atoms with E-state index in [0.29, 0.717) is 22.4 Å². The summed E-state index contributed by atoms with van der Waals surface area (Å²) in [5, 5.41) is 6.92. The number of anilines is 2. The van der Waals surface area contributed by atoms with Gasteiger partial charge in [-0.1, -0.05) is 30.3 Å². The lowest BCUT2D eigenvalue weighted by atomic mass is 9.99. The minimum Gasteiger partial charge on any atom is -0.339 e. The lowest BCUT2D eigenvalue weighted by Gasteiger charge is -2.14. The Morgan fingerprint density at radius 2 is 1.73 bits per heavy atom. The largest absolute Gasteiger partial charge is 0.339 e. The number of rotatable bonds is 3. The molecule has 0 aliphatic heterocycles. The first-order valence-corrected chi connectivity index (χ1v) is 9.09. The van der Waals surface area contributed by atoms with Gasteiger partial charge in [0.25, 0.3) is 0 Å². The average Bonchev–Trinajstić information content (AvgIpc) is 3.46. The van der Waals surface area contributed by atoms with Crippen molar-refractivity contribution in [2.45, 2.75) is 23.9 Å². The van der Waals surface area contributed by atoms with Crippen LogP contribution in [-0.2, 0) is 0 Å². The molecule has 1 aliphatic carbocycles. The lowest BCUT2D eigenvalue weighted by Crippen LogP contribution is -1.99. The number of thiol groups is 1. The Labute approximate surface area is 155 Å². The van der Waals surface area contributed by atoms with E-state index in [1.165, 1.54) is 35.9 Å². The Morgan fingerprint density at radius 1 is 0.923 bits per heavy atom. The summed E-state index contributed by atoms with van der Waals surface area (Å²) >= 11 is 4.27. The zero-order valence-corrected chi connectivity index (χ0v) is 14.8. The normalized spacial score (nSPS) is 14.1. The molecule has 1 saturated carbocycles. The number of halogens is 1. The van der Waals surface area contributed by atoms with Gasteiger partial charge in [0.15, 0.2) is 5.16 Å². The van der Waals surface area contributed by atoms with Gasteiger partial charge in [0.1, 0.15) is 11.6 Å². The van der Waals surface area contributed by atoms with Crippen LogP contribution in [0.15, 0.2) is 59.8 Å². The molecule has 0 amide bonds. The molecule has 5 rings (SSSR count).